The van der Waals surface area contributed by atoms with E-state index in [1.165, 1.54) is 24.5 Å². The second-order valence-electron chi connectivity index (χ2n) is 17.3. The summed E-state index contributed by atoms with van der Waals surface area (Å²) < 4.78 is 100. The maximum absolute atomic E-state index is 13.7. The molecule has 4 aromatic heterocycles. The maximum Gasteiger partial charge on any atom is 0.434 e. The summed E-state index contributed by atoms with van der Waals surface area (Å²) in [5.41, 5.74) is 2.68. The van der Waals surface area contributed by atoms with Crippen LogP contribution < -0.4 is 14.2 Å². The molecule has 2 N–H and O–H groups in total. The number of methoxy groups -OCH3 is 1. The minimum atomic E-state index is -5.02. The van der Waals surface area contributed by atoms with Crippen molar-refractivity contribution in [2.45, 2.75) is 25.6 Å². The normalized spacial score (nSPS) is 11.2. The number of carboxylic acids is 2. The van der Waals surface area contributed by atoms with Crippen molar-refractivity contribution in [2.75, 3.05) is 7.11 Å². The van der Waals surface area contributed by atoms with Crippen LogP contribution in [-0.4, -0.2) is 68.8 Å². The van der Waals surface area contributed by atoms with Crippen molar-refractivity contribution in [2.24, 2.45) is 0 Å². The summed E-state index contributed by atoms with van der Waals surface area (Å²) >= 11 is 6.22. The highest BCUT2D eigenvalue weighted by Crippen LogP contribution is 2.37. The number of hydrogen-bond donors (Lipinski definition) is 2. The number of halogens is 7. The molecule has 0 aliphatic carbocycles. The van der Waals surface area contributed by atoms with Gasteiger partial charge in [-0.3, -0.25) is 0 Å². The number of carboxylic acid groups (broad SMARTS) is 2. The molecule has 0 spiro atoms. The van der Waals surface area contributed by atoms with Crippen molar-refractivity contribution < 1.29 is 60.4 Å². The van der Waals surface area contributed by atoms with Gasteiger partial charge in [-0.2, -0.15) is 51.2 Å². The van der Waals surface area contributed by atoms with Gasteiger partial charge in [0.15, 0.2) is 11.4 Å². The molecule has 0 fully saturated rings. The molecule has 0 atom stereocenters. The number of para-hydroxylation sites is 1. The van der Waals surface area contributed by atoms with Crippen molar-refractivity contribution in [3.8, 4) is 80.0 Å². The molecule has 0 amide bonds. The Kier molecular flexibility index (Phi) is 16.2. The summed E-state index contributed by atoms with van der Waals surface area (Å²) in [7, 11) is 1.61. The van der Waals surface area contributed by atoms with E-state index in [-0.39, 0.29) is 24.6 Å². The quantitative estimate of drug-likeness (QED) is 0.0914. The van der Waals surface area contributed by atoms with E-state index in [2.05, 4.69) is 36.2 Å². The minimum absolute atomic E-state index is 0.189. The standard InChI is InChI=1S/C29H20ClF3N4O4.C29H18F3N5O3/c1-40-21-9-6-19(7-10-21)18-4-2-17(3-5-18)16-41-25-11-8-20(30)14-22(25)24-12-13-34-28(36-24)37-26(29(31,32)33)23(15-35-37)27(38)39;30-29(31,32)26-23(27(38)39)16-35-37(26)28-34-14-13-24(36-28)22-3-1-2-4-25(22)40-17-19-7-11-21(12-8-19)20-9-5-18(15-33)6-10-20/h2-15H,16H2,1H3,(H,38,39);1-14,16H,17H2,(H,38,39). The predicted octanol–water partition coefficient (Wildman–Crippen LogP) is 13.1. The fraction of sp³-hybridized carbons (Fsp3) is 0.0862. The monoisotopic (exact) mass is 1120 g/mol. The van der Waals surface area contributed by atoms with Crippen LogP contribution >= 0.6 is 11.6 Å². The van der Waals surface area contributed by atoms with E-state index in [0.29, 0.717) is 55.0 Å². The third-order valence-corrected chi connectivity index (χ3v) is 12.3. The number of ether oxygens (including phenoxy) is 3. The molecule has 10 rings (SSSR count). The average Bonchev–Trinajstić information content (AvgIpc) is 4.18. The number of aromatic carboxylic acids is 2. The number of nitriles is 1. The van der Waals surface area contributed by atoms with Gasteiger partial charge >= 0.3 is 24.3 Å². The van der Waals surface area contributed by atoms with Crippen molar-refractivity contribution in [3.63, 3.8) is 0 Å². The van der Waals surface area contributed by atoms with Gasteiger partial charge in [-0.1, -0.05) is 96.5 Å². The van der Waals surface area contributed by atoms with Gasteiger partial charge in [0.05, 0.1) is 42.5 Å². The Hall–Kier alpha value is -10.4. The summed E-state index contributed by atoms with van der Waals surface area (Å²) in [6, 6.07) is 47.2. The zero-order chi connectivity index (χ0) is 57.4. The molecule has 0 saturated heterocycles. The van der Waals surface area contributed by atoms with Crippen molar-refractivity contribution in [1.82, 2.24) is 39.5 Å². The largest absolute Gasteiger partial charge is 0.497 e. The van der Waals surface area contributed by atoms with E-state index in [1.807, 2.05) is 84.9 Å². The van der Waals surface area contributed by atoms with Crippen LogP contribution in [0.3, 0.4) is 0 Å². The van der Waals surface area contributed by atoms with Gasteiger partial charge < -0.3 is 24.4 Å². The molecule has 23 heteroatoms. The summed E-state index contributed by atoms with van der Waals surface area (Å²) in [6.45, 7) is 0.400. The molecular formula is C58H38ClF6N9O7. The zero-order valence-corrected chi connectivity index (χ0v) is 42.5. The minimum Gasteiger partial charge on any atom is -0.497 e. The molecule has 10 aromatic rings. The SMILES string of the molecule is COc1ccc(-c2ccc(COc3ccc(Cl)cc3-c3ccnc(-n4ncc(C(=O)O)c4C(F)(F)F)n3)cc2)cc1.N#Cc1ccc(-c2ccc(COc3ccccc3-c3ccnc(-n4ncc(C(=O)O)c4C(F)(F)F)n3)cc2)cc1. The van der Waals surface area contributed by atoms with E-state index in [9.17, 15) is 46.1 Å². The van der Waals surface area contributed by atoms with E-state index < -0.39 is 58.7 Å². The Morgan fingerprint density at radius 3 is 1.46 bits per heavy atom. The number of benzene rings is 6. The van der Waals surface area contributed by atoms with Gasteiger partial charge in [0, 0.05) is 28.5 Å². The number of nitrogens with zero attached hydrogens (tertiary/aromatic N) is 9. The molecule has 4 heterocycles. The third-order valence-electron chi connectivity index (χ3n) is 12.0. The second kappa shape index (κ2) is 23.7. The lowest BCUT2D eigenvalue weighted by atomic mass is 10.0. The smallest absolute Gasteiger partial charge is 0.434 e. The summed E-state index contributed by atoms with van der Waals surface area (Å²) in [6.07, 6.45) is -6.29. The van der Waals surface area contributed by atoms with Crippen LogP contribution in [0.2, 0.25) is 5.02 Å². The number of aromatic nitrogens is 8. The van der Waals surface area contributed by atoms with Crippen molar-refractivity contribution in [3.05, 3.63) is 221 Å². The van der Waals surface area contributed by atoms with Crippen molar-refractivity contribution in [1.29, 1.82) is 5.26 Å². The van der Waals surface area contributed by atoms with Crippen LogP contribution in [0.4, 0.5) is 26.3 Å². The number of carbonyl (C=O) groups is 2. The molecule has 0 bridgehead atoms. The van der Waals surface area contributed by atoms with Crippen LogP contribution in [0, 0.1) is 11.3 Å². The molecule has 0 unspecified atom stereocenters. The molecular weight excluding hydrogens is 1080 g/mol. The summed E-state index contributed by atoms with van der Waals surface area (Å²) in [4.78, 5) is 38.9. The fourth-order valence-corrected chi connectivity index (χ4v) is 8.29. The first-order valence-electron chi connectivity index (χ1n) is 23.8. The lowest BCUT2D eigenvalue weighted by molar-refractivity contribution is -0.144. The Morgan fingerprint density at radius 2 is 1.01 bits per heavy atom. The summed E-state index contributed by atoms with van der Waals surface area (Å²) in [5.74, 6) is -2.87. The molecule has 0 aliphatic rings. The lowest BCUT2D eigenvalue weighted by Gasteiger charge is -2.14. The van der Waals surface area contributed by atoms with Gasteiger partial charge in [-0.05, 0) is 100 Å². The molecule has 6 aromatic carbocycles. The fourth-order valence-electron chi connectivity index (χ4n) is 8.12. The van der Waals surface area contributed by atoms with Gasteiger partial charge in [0.1, 0.15) is 41.6 Å². The first-order valence-corrected chi connectivity index (χ1v) is 24.2. The average molecular weight is 1120 g/mol. The van der Waals surface area contributed by atoms with Gasteiger partial charge in [-0.25, -0.2) is 29.5 Å². The molecule has 406 valence electrons. The second-order valence-corrected chi connectivity index (χ2v) is 17.7. The molecule has 0 radical (unpaired) electrons. The van der Waals surface area contributed by atoms with Crippen LogP contribution in [0.25, 0.3) is 56.7 Å². The first kappa shape index (κ1) is 55.4. The van der Waals surface area contributed by atoms with Crippen LogP contribution in [0.1, 0.15) is 48.8 Å². The number of alkyl halides is 6. The third kappa shape index (κ3) is 12.8. The molecule has 0 saturated carbocycles. The molecule has 16 nitrogen and oxygen atoms in total. The number of hydrogen-bond acceptors (Lipinski definition) is 12. The van der Waals surface area contributed by atoms with E-state index in [1.54, 1.807) is 61.7 Å². The molecule has 0 aliphatic heterocycles. The first-order chi connectivity index (χ1) is 38.9. The topological polar surface area (TPSA) is 213 Å². The van der Waals surface area contributed by atoms with E-state index >= 15 is 0 Å². The predicted molar refractivity (Wildman–Crippen MR) is 282 cm³/mol. The lowest BCUT2D eigenvalue weighted by Crippen LogP contribution is -2.18. The van der Waals surface area contributed by atoms with Crippen LogP contribution in [0.15, 0.2) is 176 Å². The maximum atomic E-state index is 13.7. The van der Waals surface area contributed by atoms with E-state index in [4.69, 9.17) is 31.1 Å². The van der Waals surface area contributed by atoms with E-state index in [0.717, 1.165) is 39.1 Å². The van der Waals surface area contributed by atoms with Gasteiger partial charge in [-0.15, -0.1) is 0 Å². The van der Waals surface area contributed by atoms with Gasteiger partial charge in [0.25, 0.3) is 11.9 Å². The highest BCUT2D eigenvalue weighted by Gasteiger charge is 2.42. The Labute approximate surface area is 460 Å². The Bertz CT molecular complexity index is 3940. The van der Waals surface area contributed by atoms with Crippen molar-refractivity contribution >= 4 is 23.5 Å². The van der Waals surface area contributed by atoms with Crippen LogP contribution in [0.5, 0.6) is 17.2 Å². The molecule has 81 heavy (non-hydrogen) atoms. The summed E-state index contributed by atoms with van der Waals surface area (Å²) in [5, 5.41) is 34.9. The Balaban J connectivity index is 0.000000196. The van der Waals surface area contributed by atoms with Crippen LogP contribution in [-0.2, 0) is 25.6 Å². The highest BCUT2D eigenvalue weighted by atomic mass is 35.5. The number of rotatable bonds is 15. The highest BCUT2D eigenvalue weighted by molar-refractivity contribution is 6.31. The van der Waals surface area contributed by atoms with Gasteiger partial charge in [0.2, 0.25) is 0 Å². The Morgan fingerprint density at radius 1 is 0.580 bits per heavy atom. The zero-order valence-electron chi connectivity index (χ0n) is 41.8.